The van der Waals surface area contributed by atoms with Crippen LogP contribution in [-0.4, -0.2) is 39.5 Å². The van der Waals surface area contributed by atoms with Crippen LogP contribution in [0.3, 0.4) is 0 Å². The zero-order chi connectivity index (χ0) is 14.6. The van der Waals surface area contributed by atoms with Gasteiger partial charge in [0, 0.05) is 18.0 Å². The molecule has 1 aromatic heterocycles. The third kappa shape index (κ3) is 4.25. The smallest absolute Gasteiger partial charge is 0.242 e. The fourth-order valence-electron chi connectivity index (χ4n) is 2.27. The van der Waals surface area contributed by atoms with E-state index in [4.69, 9.17) is 5.73 Å². The molecule has 2 rings (SSSR count). The van der Waals surface area contributed by atoms with Gasteiger partial charge in [0.1, 0.15) is 4.90 Å². The summed E-state index contributed by atoms with van der Waals surface area (Å²) in [6.45, 7) is 4.07. The first-order valence-electron chi connectivity index (χ1n) is 6.73. The van der Waals surface area contributed by atoms with E-state index in [1.54, 1.807) is 6.07 Å². The van der Waals surface area contributed by atoms with Crippen molar-refractivity contribution in [3.63, 3.8) is 0 Å². The Hall–Kier alpha value is 0.01000. The molecule has 5 nitrogen and oxygen atoms in total. The number of nitrogens with two attached hydrogens (primary N) is 1. The lowest BCUT2D eigenvalue weighted by Gasteiger charge is -2.14. The van der Waals surface area contributed by atoms with Crippen molar-refractivity contribution in [2.24, 2.45) is 5.73 Å². The van der Waals surface area contributed by atoms with Crippen LogP contribution in [0.1, 0.15) is 24.1 Å². The molecule has 20 heavy (non-hydrogen) atoms. The van der Waals surface area contributed by atoms with E-state index in [1.165, 1.54) is 24.2 Å². The van der Waals surface area contributed by atoms with E-state index in [-0.39, 0.29) is 0 Å². The van der Waals surface area contributed by atoms with Gasteiger partial charge in [-0.1, -0.05) is 0 Å². The molecule has 1 saturated heterocycles. The summed E-state index contributed by atoms with van der Waals surface area (Å²) in [5.41, 5.74) is 5.54. The van der Waals surface area contributed by atoms with Crippen LogP contribution in [-0.2, 0) is 16.6 Å². The highest BCUT2D eigenvalue weighted by Crippen LogP contribution is 2.31. The van der Waals surface area contributed by atoms with Gasteiger partial charge in [-0.2, -0.15) is 0 Å². The normalized spacial score (nSPS) is 16.9. The standard InChI is InChI=1S/C12H20BrN3O2S2/c13-12-11(8-10(9-14)19-12)20(17,18)15-4-3-7-16-5-1-2-6-16/h8,15H,1-7,9,14H2. The Morgan fingerprint density at radius 3 is 2.70 bits per heavy atom. The highest BCUT2D eigenvalue weighted by molar-refractivity contribution is 9.11. The molecule has 3 N–H and O–H groups in total. The fraction of sp³-hybridized carbons (Fsp3) is 0.667. The number of nitrogens with one attached hydrogen (secondary N) is 1. The molecule has 114 valence electrons. The molecule has 1 aliphatic heterocycles. The maximum atomic E-state index is 12.2. The molecule has 0 unspecified atom stereocenters. The van der Waals surface area contributed by atoms with E-state index in [9.17, 15) is 8.42 Å². The van der Waals surface area contributed by atoms with Crippen LogP contribution in [0.4, 0.5) is 0 Å². The van der Waals surface area contributed by atoms with Gasteiger partial charge in [0.25, 0.3) is 0 Å². The van der Waals surface area contributed by atoms with Crippen molar-refractivity contribution in [3.8, 4) is 0 Å². The van der Waals surface area contributed by atoms with E-state index in [1.807, 2.05) is 0 Å². The molecule has 1 fully saturated rings. The molecular weight excluding hydrogens is 362 g/mol. The van der Waals surface area contributed by atoms with Crippen molar-refractivity contribution in [2.45, 2.75) is 30.7 Å². The summed E-state index contributed by atoms with van der Waals surface area (Å²) >= 11 is 4.66. The van der Waals surface area contributed by atoms with Crippen molar-refractivity contribution < 1.29 is 8.42 Å². The second-order valence-corrected chi connectivity index (χ2v) is 9.04. The Labute approximate surface area is 132 Å². The number of thiophene rings is 1. The molecule has 0 bridgehead atoms. The molecule has 1 aromatic rings. The first-order chi connectivity index (χ1) is 9.53. The minimum absolute atomic E-state index is 0.295. The lowest BCUT2D eigenvalue weighted by molar-refractivity contribution is 0.334. The lowest BCUT2D eigenvalue weighted by atomic mass is 10.4. The quantitative estimate of drug-likeness (QED) is 0.705. The van der Waals surface area contributed by atoms with E-state index in [0.717, 1.165) is 30.9 Å². The Morgan fingerprint density at radius 2 is 2.10 bits per heavy atom. The number of rotatable bonds is 7. The Kier molecular flexibility index (Phi) is 6.00. The number of halogens is 1. The topological polar surface area (TPSA) is 75.4 Å². The third-order valence-electron chi connectivity index (χ3n) is 3.34. The van der Waals surface area contributed by atoms with Crippen LogP contribution in [0.15, 0.2) is 14.7 Å². The van der Waals surface area contributed by atoms with Crippen molar-refractivity contribution in [1.29, 1.82) is 0 Å². The van der Waals surface area contributed by atoms with E-state index in [2.05, 4.69) is 25.6 Å². The fourth-order valence-corrected chi connectivity index (χ4v) is 5.91. The summed E-state index contributed by atoms with van der Waals surface area (Å²) < 4.78 is 27.7. The van der Waals surface area contributed by atoms with Crippen molar-refractivity contribution in [1.82, 2.24) is 9.62 Å². The number of nitrogens with zero attached hydrogens (tertiary/aromatic N) is 1. The third-order valence-corrected chi connectivity index (χ3v) is 7.07. The molecule has 0 spiro atoms. The number of hydrogen-bond acceptors (Lipinski definition) is 5. The number of hydrogen-bond donors (Lipinski definition) is 2. The SMILES string of the molecule is NCc1cc(S(=O)(=O)NCCCN2CCCC2)c(Br)s1. The first-order valence-corrected chi connectivity index (χ1v) is 9.82. The molecular formula is C12H20BrN3O2S2. The van der Waals surface area contributed by atoms with Crippen molar-refractivity contribution in [3.05, 3.63) is 14.7 Å². The van der Waals surface area contributed by atoms with E-state index in [0.29, 0.717) is 21.8 Å². The van der Waals surface area contributed by atoms with Crippen LogP contribution >= 0.6 is 27.3 Å². The van der Waals surface area contributed by atoms with E-state index >= 15 is 0 Å². The summed E-state index contributed by atoms with van der Waals surface area (Å²) in [7, 11) is -3.44. The zero-order valence-corrected chi connectivity index (χ0v) is 14.5. The predicted molar refractivity (Wildman–Crippen MR) is 85.4 cm³/mol. The summed E-state index contributed by atoms with van der Waals surface area (Å²) in [6.07, 6.45) is 3.36. The Balaban J connectivity index is 1.85. The minimum atomic E-state index is -3.44. The van der Waals surface area contributed by atoms with Gasteiger partial charge in [0.05, 0.1) is 3.79 Å². The highest BCUT2D eigenvalue weighted by Gasteiger charge is 2.20. The Bertz CT molecular complexity index is 539. The maximum absolute atomic E-state index is 12.2. The molecule has 0 atom stereocenters. The van der Waals surface area contributed by atoms with Gasteiger partial charge in [-0.15, -0.1) is 11.3 Å². The van der Waals surface area contributed by atoms with E-state index < -0.39 is 10.0 Å². The molecule has 0 amide bonds. The second-order valence-electron chi connectivity index (χ2n) is 4.85. The average Bonchev–Trinajstić information content (AvgIpc) is 3.04. The molecule has 0 saturated carbocycles. The summed E-state index contributed by atoms with van der Waals surface area (Å²) in [4.78, 5) is 3.53. The minimum Gasteiger partial charge on any atom is -0.326 e. The van der Waals surface area contributed by atoms with Crippen LogP contribution < -0.4 is 10.5 Å². The van der Waals surface area contributed by atoms with Crippen LogP contribution in [0.25, 0.3) is 0 Å². The summed E-state index contributed by atoms with van der Waals surface area (Å²) in [6, 6.07) is 1.64. The van der Waals surface area contributed by atoms with Crippen molar-refractivity contribution >= 4 is 37.3 Å². The maximum Gasteiger partial charge on any atom is 0.242 e. The molecule has 0 radical (unpaired) electrons. The Morgan fingerprint density at radius 1 is 1.40 bits per heavy atom. The lowest BCUT2D eigenvalue weighted by Crippen LogP contribution is -2.28. The second kappa shape index (κ2) is 7.33. The highest BCUT2D eigenvalue weighted by atomic mass is 79.9. The van der Waals surface area contributed by atoms with Crippen LogP contribution in [0.5, 0.6) is 0 Å². The number of sulfonamides is 1. The monoisotopic (exact) mass is 381 g/mol. The first kappa shape index (κ1) is 16.4. The van der Waals surface area contributed by atoms with Gasteiger partial charge in [0.15, 0.2) is 0 Å². The van der Waals surface area contributed by atoms with Gasteiger partial charge < -0.3 is 10.6 Å². The largest absolute Gasteiger partial charge is 0.326 e. The average molecular weight is 382 g/mol. The van der Waals surface area contributed by atoms with Gasteiger partial charge in [0.2, 0.25) is 10.0 Å². The molecule has 8 heteroatoms. The zero-order valence-electron chi connectivity index (χ0n) is 11.3. The predicted octanol–water partition coefficient (Wildman–Crippen LogP) is 1.73. The molecule has 0 aliphatic carbocycles. The van der Waals surface area contributed by atoms with Gasteiger partial charge in [-0.25, -0.2) is 13.1 Å². The van der Waals surface area contributed by atoms with Crippen LogP contribution in [0, 0.1) is 0 Å². The van der Waals surface area contributed by atoms with Gasteiger partial charge in [-0.05, 0) is 60.9 Å². The number of likely N-dealkylation sites (tertiary alicyclic amines) is 1. The van der Waals surface area contributed by atoms with Crippen molar-refractivity contribution in [2.75, 3.05) is 26.2 Å². The molecule has 2 heterocycles. The summed E-state index contributed by atoms with van der Waals surface area (Å²) in [5, 5.41) is 0. The summed E-state index contributed by atoms with van der Waals surface area (Å²) in [5.74, 6) is 0. The molecule has 0 aromatic carbocycles. The van der Waals surface area contributed by atoms with Gasteiger partial charge >= 0.3 is 0 Å². The molecule has 1 aliphatic rings. The van der Waals surface area contributed by atoms with Gasteiger partial charge in [-0.3, -0.25) is 0 Å². The van der Waals surface area contributed by atoms with Crippen LogP contribution in [0.2, 0.25) is 0 Å².